The molecule has 1 aromatic carbocycles. The fourth-order valence-corrected chi connectivity index (χ4v) is 3.65. The molecule has 1 N–H and O–H groups in total. The first-order chi connectivity index (χ1) is 12.8. The molecule has 2 heterocycles. The number of carbonyl (C=O) groups is 1. The van der Waals surface area contributed by atoms with Crippen molar-refractivity contribution in [1.82, 2.24) is 20.0 Å². The number of likely N-dealkylation sites (tertiary alicyclic amines) is 1. The first-order valence-electron chi connectivity index (χ1n) is 9.87. The van der Waals surface area contributed by atoms with Crippen molar-refractivity contribution >= 4 is 5.91 Å². The van der Waals surface area contributed by atoms with Gasteiger partial charge in [-0.1, -0.05) is 50.1 Å². The van der Waals surface area contributed by atoms with Gasteiger partial charge in [0.05, 0.1) is 24.0 Å². The Bertz CT molecular complexity index is 687. The average molecular weight is 354 g/mol. The van der Waals surface area contributed by atoms with Gasteiger partial charge in [-0.3, -0.25) is 9.48 Å². The fourth-order valence-electron chi connectivity index (χ4n) is 3.65. The van der Waals surface area contributed by atoms with Gasteiger partial charge >= 0.3 is 0 Å². The maximum Gasteiger partial charge on any atom is 0.254 e. The first kappa shape index (κ1) is 18.6. The third-order valence-electron chi connectivity index (χ3n) is 5.12. The third-order valence-corrected chi connectivity index (χ3v) is 5.12. The van der Waals surface area contributed by atoms with Gasteiger partial charge in [0.2, 0.25) is 0 Å². The van der Waals surface area contributed by atoms with E-state index < -0.39 is 0 Å². The van der Waals surface area contributed by atoms with Crippen molar-refractivity contribution in [3.05, 3.63) is 53.3 Å². The Labute approximate surface area is 156 Å². The van der Waals surface area contributed by atoms with E-state index in [1.807, 2.05) is 22.9 Å². The van der Waals surface area contributed by atoms with Crippen LogP contribution in [0.25, 0.3) is 0 Å². The number of nitrogens with zero attached hydrogens (tertiary/aromatic N) is 3. The molecular formula is C21H30N4O. The Hall–Kier alpha value is -2.14. The minimum Gasteiger partial charge on any atom is -0.351 e. The van der Waals surface area contributed by atoms with Crippen LogP contribution in [0.2, 0.25) is 0 Å². The van der Waals surface area contributed by atoms with Crippen LogP contribution in [0.3, 0.4) is 0 Å². The summed E-state index contributed by atoms with van der Waals surface area (Å²) in [5.41, 5.74) is 2.90. The molecule has 0 atom stereocenters. The van der Waals surface area contributed by atoms with Gasteiger partial charge in [-0.05, 0) is 37.9 Å². The summed E-state index contributed by atoms with van der Waals surface area (Å²) in [6.45, 7) is 6.73. The molecule has 0 saturated carbocycles. The first-order valence-corrected chi connectivity index (χ1v) is 9.87. The molecule has 0 bridgehead atoms. The zero-order chi connectivity index (χ0) is 18.2. The summed E-state index contributed by atoms with van der Waals surface area (Å²) in [4.78, 5) is 15.1. The normalized spacial score (nSPS) is 15.6. The highest BCUT2D eigenvalue weighted by Crippen LogP contribution is 2.13. The molecule has 1 aliphatic heterocycles. The lowest BCUT2D eigenvalue weighted by atomic mass is 10.1. The van der Waals surface area contributed by atoms with Crippen LogP contribution in [0.5, 0.6) is 0 Å². The summed E-state index contributed by atoms with van der Waals surface area (Å²) in [5, 5.41) is 7.54. The molecular weight excluding hydrogens is 324 g/mol. The van der Waals surface area contributed by atoms with E-state index in [1.165, 1.54) is 31.2 Å². The number of benzene rings is 1. The third kappa shape index (κ3) is 4.94. The second kappa shape index (κ2) is 9.53. The van der Waals surface area contributed by atoms with Crippen LogP contribution in [-0.2, 0) is 13.0 Å². The number of hydrogen-bond donors (Lipinski definition) is 1. The quantitative estimate of drug-likeness (QED) is 0.831. The zero-order valence-electron chi connectivity index (χ0n) is 15.8. The van der Waals surface area contributed by atoms with E-state index in [0.29, 0.717) is 18.7 Å². The maximum atomic E-state index is 12.6. The monoisotopic (exact) mass is 354 g/mol. The fraction of sp³-hybridized carbons (Fsp3) is 0.524. The smallest absolute Gasteiger partial charge is 0.254 e. The number of carbonyl (C=O) groups excluding carboxylic acids is 1. The second-order valence-electron chi connectivity index (χ2n) is 7.01. The van der Waals surface area contributed by atoms with Crippen LogP contribution in [0, 0.1) is 0 Å². The summed E-state index contributed by atoms with van der Waals surface area (Å²) < 4.78 is 1.94. The zero-order valence-corrected chi connectivity index (χ0v) is 15.8. The molecule has 0 radical (unpaired) electrons. The molecule has 26 heavy (non-hydrogen) atoms. The highest BCUT2D eigenvalue weighted by atomic mass is 16.1. The molecule has 1 aromatic heterocycles. The van der Waals surface area contributed by atoms with Crippen LogP contribution < -0.4 is 5.32 Å². The van der Waals surface area contributed by atoms with Crippen LogP contribution in [0.4, 0.5) is 0 Å². The molecule has 3 rings (SSSR count). The van der Waals surface area contributed by atoms with Crippen LogP contribution in [0.15, 0.2) is 36.5 Å². The lowest BCUT2D eigenvalue weighted by Gasteiger charge is -2.19. The Morgan fingerprint density at radius 2 is 1.85 bits per heavy atom. The Morgan fingerprint density at radius 1 is 1.12 bits per heavy atom. The lowest BCUT2D eigenvalue weighted by molar-refractivity contribution is 0.0947. The SMILES string of the molecule is CCc1c(C(=O)NCCN2CCCCCC2)cnn1Cc1ccccc1. The predicted molar refractivity (Wildman–Crippen MR) is 104 cm³/mol. The van der Waals surface area contributed by atoms with Gasteiger partial charge in [-0.15, -0.1) is 0 Å². The molecule has 5 nitrogen and oxygen atoms in total. The summed E-state index contributed by atoms with van der Waals surface area (Å²) >= 11 is 0. The Morgan fingerprint density at radius 3 is 2.54 bits per heavy atom. The number of rotatable bonds is 7. The minimum absolute atomic E-state index is 0.00372. The van der Waals surface area contributed by atoms with E-state index in [4.69, 9.17) is 0 Å². The molecule has 140 valence electrons. The molecule has 0 unspecified atom stereocenters. The number of nitrogens with one attached hydrogen (secondary N) is 1. The van der Waals surface area contributed by atoms with Gasteiger partial charge in [-0.25, -0.2) is 0 Å². The van der Waals surface area contributed by atoms with E-state index in [2.05, 4.69) is 34.4 Å². The van der Waals surface area contributed by atoms with Crippen molar-refractivity contribution in [2.75, 3.05) is 26.2 Å². The number of hydrogen-bond acceptors (Lipinski definition) is 3. The van der Waals surface area contributed by atoms with Crippen molar-refractivity contribution in [1.29, 1.82) is 0 Å². The molecule has 1 fully saturated rings. The molecule has 2 aromatic rings. The Kier molecular flexibility index (Phi) is 6.83. The molecule has 1 saturated heterocycles. The standard InChI is InChI=1S/C21H30N4O/c1-2-20-19(16-23-25(20)17-18-10-6-5-7-11-18)21(26)22-12-15-24-13-8-3-4-9-14-24/h5-7,10-11,16H,2-4,8-9,12-15,17H2,1H3,(H,22,26). The van der Waals surface area contributed by atoms with E-state index in [-0.39, 0.29) is 5.91 Å². The van der Waals surface area contributed by atoms with Gasteiger partial charge in [0.25, 0.3) is 5.91 Å². The topological polar surface area (TPSA) is 50.2 Å². The predicted octanol–water partition coefficient (Wildman–Crippen LogP) is 3.10. The molecule has 5 heteroatoms. The highest BCUT2D eigenvalue weighted by Gasteiger charge is 2.16. The molecule has 0 spiro atoms. The van der Waals surface area contributed by atoms with Crippen LogP contribution in [0.1, 0.15) is 54.2 Å². The van der Waals surface area contributed by atoms with Crippen molar-refractivity contribution in [2.45, 2.75) is 45.6 Å². The number of amides is 1. The van der Waals surface area contributed by atoms with Crippen LogP contribution >= 0.6 is 0 Å². The van der Waals surface area contributed by atoms with Gasteiger partial charge in [-0.2, -0.15) is 5.10 Å². The summed E-state index contributed by atoms with van der Waals surface area (Å²) in [6.07, 6.45) is 7.73. The second-order valence-corrected chi connectivity index (χ2v) is 7.01. The highest BCUT2D eigenvalue weighted by molar-refractivity contribution is 5.95. The minimum atomic E-state index is -0.00372. The van der Waals surface area contributed by atoms with E-state index in [1.54, 1.807) is 6.20 Å². The van der Waals surface area contributed by atoms with E-state index in [0.717, 1.165) is 31.7 Å². The summed E-state index contributed by atoms with van der Waals surface area (Å²) in [5.74, 6) is -0.00372. The summed E-state index contributed by atoms with van der Waals surface area (Å²) in [7, 11) is 0. The van der Waals surface area contributed by atoms with Gasteiger partial charge in [0.15, 0.2) is 0 Å². The molecule has 1 amide bonds. The van der Waals surface area contributed by atoms with Gasteiger partial charge in [0.1, 0.15) is 0 Å². The van der Waals surface area contributed by atoms with Crippen molar-refractivity contribution in [3.63, 3.8) is 0 Å². The molecule has 0 aliphatic carbocycles. The van der Waals surface area contributed by atoms with E-state index in [9.17, 15) is 4.79 Å². The van der Waals surface area contributed by atoms with Gasteiger partial charge < -0.3 is 10.2 Å². The maximum absolute atomic E-state index is 12.6. The lowest BCUT2D eigenvalue weighted by Crippen LogP contribution is -2.35. The number of aromatic nitrogens is 2. The van der Waals surface area contributed by atoms with Crippen molar-refractivity contribution in [3.8, 4) is 0 Å². The van der Waals surface area contributed by atoms with Crippen molar-refractivity contribution < 1.29 is 4.79 Å². The van der Waals surface area contributed by atoms with E-state index >= 15 is 0 Å². The average Bonchev–Trinajstić information content (AvgIpc) is 2.88. The van der Waals surface area contributed by atoms with Crippen molar-refractivity contribution in [2.24, 2.45) is 0 Å². The van der Waals surface area contributed by atoms with Gasteiger partial charge in [0, 0.05) is 13.1 Å². The van der Waals surface area contributed by atoms with Crippen LogP contribution in [-0.4, -0.2) is 46.8 Å². The molecule has 1 aliphatic rings. The summed E-state index contributed by atoms with van der Waals surface area (Å²) in [6, 6.07) is 10.2. The largest absolute Gasteiger partial charge is 0.351 e. The Balaban J connectivity index is 1.56.